The molecule has 0 bridgehead atoms. The Hall–Kier alpha value is 5.88. The van der Waals surface area contributed by atoms with E-state index >= 15 is 0 Å². The van der Waals surface area contributed by atoms with Gasteiger partial charge in [-0.15, -0.1) is 0 Å². The van der Waals surface area contributed by atoms with Gasteiger partial charge in [-0.3, -0.25) is 0 Å². The molecule has 0 amide bonds. The molecule has 0 unspecified atom stereocenters. The van der Waals surface area contributed by atoms with Gasteiger partial charge in [0.15, 0.2) is 0 Å². The van der Waals surface area contributed by atoms with Crippen LogP contribution in [0, 0.1) is 0 Å². The summed E-state index contributed by atoms with van der Waals surface area (Å²) >= 11 is 0. The van der Waals surface area contributed by atoms with Crippen LogP contribution in [-0.2, 0) is 28.6 Å². The second kappa shape index (κ2) is 22.2. The maximum atomic E-state index is 8.55. The Morgan fingerprint density at radius 2 is 0.600 bits per heavy atom. The van der Waals surface area contributed by atoms with E-state index in [0.717, 1.165) is 0 Å². The van der Waals surface area contributed by atoms with E-state index in [0.29, 0.717) is 0 Å². The van der Waals surface area contributed by atoms with Crippen LogP contribution in [0.5, 0.6) is 0 Å². The second-order valence-corrected chi connectivity index (χ2v) is 2.68. The quantitative estimate of drug-likeness (QED) is 0.276. The first-order valence-corrected chi connectivity index (χ1v) is 4.38. The number of phosphoric acid groups is 2. The first-order valence-electron chi connectivity index (χ1n) is 1.46. The summed E-state index contributed by atoms with van der Waals surface area (Å²) in [4.78, 5) is 51.3. The third kappa shape index (κ3) is 184. The average molecular weight is 418 g/mol. The summed E-state index contributed by atoms with van der Waals surface area (Å²) in [5.74, 6) is 0. The summed E-state index contributed by atoms with van der Waals surface area (Å²) in [6, 6.07) is 0. The summed E-state index contributed by atoms with van der Waals surface area (Å²) in [5, 5.41) is 0. The van der Waals surface area contributed by atoms with Gasteiger partial charge < -0.3 is 38.5 Å². The maximum absolute atomic E-state index is 8.55. The van der Waals surface area contributed by atoms with Crippen LogP contribution in [0.4, 0.5) is 0 Å². The molecule has 0 fully saturated rings. The molecule has 0 aromatic carbocycles. The first-order chi connectivity index (χ1) is 4.00. The Bertz CT molecular complexity index is 137. The third-order valence-electron chi connectivity index (χ3n) is 0. The van der Waals surface area contributed by atoms with E-state index in [1.54, 1.807) is 0 Å². The van der Waals surface area contributed by atoms with E-state index in [2.05, 4.69) is 0 Å². The number of hydrogen-bond acceptors (Lipinski definition) is 8. The fraction of sp³-hybridized carbons (Fsp3) is 0. The van der Waals surface area contributed by atoms with Gasteiger partial charge in [0.2, 0.25) is 0 Å². The van der Waals surface area contributed by atoms with Gasteiger partial charge >= 0.3 is 151 Å². The van der Waals surface area contributed by atoms with Gasteiger partial charge in [0.25, 0.3) is 0 Å². The van der Waals surface area contributed by atoms with E-state index in [1.165, 1.54) is 0 Å². The smallest absolute Gasteiger partial charge is 0 e. The molecule has 0 saturated carbocycles. The Morgan fingerprint density at radius 1 is 0.600 bits per heavy atom. The molecule has 8 nitrogen and oxygen atoms in total. The van der Waals surface area contributed by atoms with Gasteiger partial charge in [-0.2, -0.15) is 15.6 Å². The zero-order valence-corrected chi connectivity index (χ0v) is 18.4. The van der Waals surface area contributed by atoms with Gasteiger partial charge in [-0.1, -0.05) is 0 Å². The monoisotopic (exact) mass is 416 g/mol. The van der Waals surface area contributed by atoms with Crippen molar-refractivity contribution in [3.8, 4) is 0 Å². The van der Waals surface area contributed by atoms with E-state index < -0.39 is 15.6 Å². The zero-order chi connectivity index (χ0) is 9.00. The van der Waals surface area contributed by atoms with Crippen LogP contribution < -0.4 is 29.4 Å². The molecule has 0 rings (SSSR count). The Labute approximate surface area is 219 Å². The predicted molar refractivity (Wildman–Crippen MR) is 41.0 cm³/mol. The van der Waals surface area contributed by atoms with Crippen LogP contribution in [-0.4, -0.2) is 151 Å². The van der Waals surface area contributed by atoms with Crippen molar-refractivity contribution in [3.63, 3.8) is 0 Å². The third-order valence-corrected chi connectivity index (χ3v) is 0. The molecule has 0 aliphatic heterocycles. The van der Waals surface area contributed by atoms with Crippen LogP contribution in [0.2, 0.25) is 0 Å². The maximum Gasteiger partial charge on any atom is 0 e. The molecule has 0 atom stereocenters. The minimum absolute atomic E-state index is 0. The van der Waals surface area contributed by atoms with Crippen LogP contribution >= 0.6 is 15.6 Å². The van der Waals surface area contributed by atoms with Gasteiger partial charge in [-0.05, 0) is 0 Å². The summed E-state index contributed by atoms with van der Waals surface area (Å²) < 4.78 is 17.1. The normalized spacial score (nSPS) is 7.87. The molecule has 0 aromatic heterocycles. The molecule has 0 spiro atoms. The summed E-state index contributed by atoms with van der Waals surface area (Å²) in [7, 11) is -10.8. The number of rotatable bonds is 0. The number of hydrogen-bond donors (Lipinski definition) is 0. The fourth-order valence-electron chi connectivity index (χ4n) is 0. The molecule has 15 heteroatoms. The van der Waals surface area contributed by atoms with E-state index in [-0.39, 0.29) is 170 Å². The molecule has 0 N–H and O–H groups in total. The molecule has 0 aliphatic carbocycles. The summed E-state index contributed by atoms with van der Waals surface area (Å²) in [6.07, 6.45) is 0. The van der Waals surface area contributed by atoms with E-state index in [9.17, 15) is 0 Å². The van der Waals surface area contributed by atoms with Gasteiger partial charge in [0.1, 0.15) is 0 Å². The van der Waals surface area contributed by atoms with Crippen molar-refractivity contribution in [1.82, 2.24) is 0 Å². The standard InChI is InChI=1S/4Ca.2H3O4P.Zn.2H/c;;;;2*1-5(2,3)4;;;/h;;;;2*(H3,1,2,3,4);;;/q;3*+2;;;;;/p-6. The Balaban J connectivity index is -0.0000000128. The molecular formula is H2Ca4O8P2Zn. The van der Waals surface area contributed by atoms with Crippen molar-refractivity contribution in [2.24, 2.45) is 0 Å². The topological polar surface area (TPSA) is 172 Å². The van der Waals surface area contributed by atoms with Gasteiger partial charge in [0, 0.05) is 19.5 Å². The molecule has 15 heavy (non-hydrogen) atoms. The van der Waals surface area contributed by atoms with Crippen LogP contribution in [0.15, 0.2) is 0 Å². The van der Waals surface area contributed by atoms with Gasteiger partial charge in [0.05, 0.1) is 0 Å². The molecular weight excluding hydrogens is 416 g/mol. The predicted octanol–water partition coefficient (Wildman–Crippen LogP) is -7.71. The first kappa shape index (κ1) is 42.8. The molecule has 0 radical (unpaired) electrons. The van der Waals surface area contributed by atoms with Crippen molar-refractivity contribution in [2.75, 3.05) is 0 Å². The average Bonchev–Trinajstić information content (AvgIpc) is 1.12. The second-order valence-electron chi connectivity index (χ2n) is 0.894. The minimum atomic E-state index is -5.39. The van der Waals surface area contributed by atoms with Crippen molar-refractivity contribution in [3.05, 3.63) is 0 Å². The van der Waals surface area contributed by atoms with Crippen LogP contribution in [0.3, 0.4) is 0 Å². The molecule has 0 saturated heterocycles. The van der Waals surface area contributed by atoms with Crippen LogP contribution in [0.25, 0.3) is 0 Å². The minimum Gasteiger partial charge on any atom is 0 e. The Morgan fingerprint density at radius 3 is 0.600 bits per heavy atom. The van der Waals surface area contributed by atoms with Crippen molar-refractivity contribution >= 4 is 167 Å². The molecule has 70 valence electrons. The zero-order valence-electron chi connectivity index (χ0n) is 6.99. The van der Waals surface area contributed by atoms with Crippen molar-refractivity contribution in [1.29, 1.82) is 0 Å². The van der Waals surface area contributed by atoms with Crippen molar-refractivity contribution in [2.45, 2.75) is 0 Å². The van der Waals surface area contributed by atoms with Gasteiger partial charge in [-0.25, -0.2) is 0 Å². The molecule has 0 heterocycles. The Kier molecular flexibility index (Phi) is 63.3. The van der Waals surface area contributed by atoms with E-state index in [1.807, 2.05) is 0 Å². The largest absolute Gasteiger partial charge is 0 e. The van der Waals surface area contributed by atoms with Crippen LogP contribution in [0.1, 0.15) is 0 Å². The summed E-state index contributed by atoms with van der Waals surface area (Å²) in [6.45, 7) is 0. The summed E-state index contributed by atoms with van der Waals surface area (Å²) in [5.41, 5.74) is 0. The SMILES string of the molecule is O=P([O-])([O-])[O-].O=P([O-])([O-])[O-].[Ca+2].[Ca+2].[Ca+2].[CaH2].[Zn]. The van der Waals surface area contributed by atoms with E-state index in [4.69, 9.17) is 38.5 Å². The molecule has 0 aliphatic rings. The van der Waals surface area contributed by atoms with Crippen molar-refractivity contribution < 1.29 is 58.0 Å². The fourth-order valence-corrected chi connectivity index (χ4v) is 0. The molecule has 0 aromatic rings.